The van der Waals surface area contributed by atoms with Gasteiger partial charge in [0.25, 0.3) is 5.91 Å². The third-order valence-corrected chi connectivity index (χ3v) is 6.07. The fourth-order valence-electron chi connectivity index (χ4n) is 3.52. The van der Waals surface area contributed by atoms with E-state index in [0.717, 1.165) is 29.7 Å². The summed E-state index contributed by atoms with van der Waals surface area (Å²) in [7, 11) is 0. The number of rotatable bonds is 13. The Balaban J connectivity index is 2.32. The van der Waals surface area contributed by atoms with Crippen LogP contribution in [0.3, 0.4) is 0 Å². The second-order valence-electron chi connectivity index (χ2n) is 8.67. The largest absolute Gasteiger partial charge is 0.493 e. The fourth-order valence-corrected chi connectivity index (χ4v) is 3.52. The van der Waals surface area contributed by atoms with Crippen molar-refractivity contribution in [1.29, 1.82) is 5.41 Å². The second kappa shape index (κ2) is 13.3. The number of hydrogen-bond donors (Lipinski definition) is 4. The van der Waals surface area contributed by atoms with E-state index in [1.165, 1.54) is 0 Å². The number of nitrogens with zero attached hydrogens (tertiary/aromatic N) is 1. The highest BCUT2D eigenvalue weighted by molar-refractivity contribution is 6.08. The summed E-state index contributed by atoms with van der Waals surface area (Å²) >= 11 is 0. The first-order valence-electron chi connectivity index (χ1n) is 12.1. The molecule has 1 aliphatic rings. The van der Waals surface area contributed by atoms with E-state index in [9.17, 15) is 9.90 Å². The minimum absolute atomic E-state index is 0.155. The Kier molecular flexibility index (Phi) is 10.8. The maximum atomic E-state index is 13.2. The summed E-state index contributed by atoms with van der Waals surface area (Å²) in [5.41, 5.74) is 7.86. The number of carbonyl (C=O) groups excluding carboxylic acids is 1. The summed E-state index contributed by atoms with van der Waals surface area (Å²) in [6.45, 7) is 13.5. The van der Waals surface area contributed by atoms with Crippen molar-refractivity contribution in [2.24, 2.45) is 5.92 Å². The van der Waals surface area contributed by atoms with Gasteiger partial charge in [0.05, 0.1) is 18.0 Å². The molecule has 188 valence electrons. The van der Waals surface area contributed by atoms with Gasteiger partial charge in [-0.1, -0.05) is 20.3 Å². The number of hydroxylamine groups is 2. The normalized spacial score (nSPS) is 15.7. The van der Waals surface area contributed by atoms with Crippen LogP contribution in [0.25, 0.3) is 5.70 Å². The SMILES string of the molecule is CCCC(=N)/C(C)=C(\C)C(=O)NC(=C(C)CC)c1cc(NON2CC(CO)C2)ccc1OCC. The molecule has 0 radical (unpaired) electrons. The molecule has 4 N–H and O–H groups in total. The minimum atomic E-state index is -0.228. The monoisotopic (exact) mass is 472 g/mol. The van der Waals surface area contributed by atoms with Crippen molar-refractivity contribution in [3.8, 4) is 5.75 Å². The summed E-state index contributed by atoms with van der Waals surface area (Å²) in [6, 6.07) is 5.62. The van der Waals surface area contributed by atoms with Crippen LogP contribution in [0.4, 0.5) is 5.69 Å². The van der Waals surface area contributed by atoms with E-state index >= 15 is 0 Å². The number of carbonyl (C=O) groups is 1. The van der Waals surface area contributed by atoms with Gasteiger partial charge in [0.15, 0.2) is 0 Å². The smallest absolute Gasteiger partial charge is 0.251 e. The van der Waals surface area contributed by atoms with E-state index in [2.05, 4.69) is 10.8 Å². The van der Waals surface area contributed by atoms with Crippen molar-refractivity contribution >= 4 is 23.0 Å². The molecule has 1 aromatic carbocycles. The van der Waals surface area contributed by atoms with Crippen LogP contribution in [-0.4, -0.2) is 48.1 Å². The molecule has 1 heterocycles. The average molecular weight is 473 g/mol. The van der Waals surface area contributed by atoms with Crippen LogP contribution in [0.1, 0.15) is 66.4 Å². The van der Waals surface area contributed by atoms with E-state index in [-0.39, 0.29) is 18.4 Å². The Labute approximate surface area is 203 Å². The van der Waals surface area contributed by atoms with Crippen LogP contribution in [0.15, 0.2) is 34.9 Å². The molecule has 0 saturated carbocycles. The molecule has 1 amide bonds. The Morgan fingerprint density at radius 2 is 1.88 bits per heavy atom. The highest BCUT2D eigenvalue weighted by Crippen LogP contribution is 2.31. The molecule has 0 aromatic heterocycles. The van der Waals surface area contributed by atoms with Gasteiger partial charge in [0.2, 0.25) is 0 Å². The van der Waals surface area contributed by atoms with Crippen molar-refractivity contribution in [2.75, 3.05) is 31.8 Å². The van der Waals surface area contributed by atoms with Gasteiger partial charge >= 0.3 is 0 Å². The maximum Gasteiger partial charge on any atom is 0.251 e. The molecule has 8 nitrogen and oxygen atoms in total. The summed E-state index contributed by atoms with van der Waals surface area (Å²) < 4.78 is 5.88. The van der Waals surface area contributed by atoms with Gasteiger partial charge in [-0.25, -0.2) is 5.48 Å². The summed E-state index contributed by atoms with van der Waals surface area (Å²) in [6.07, 6.45) is 2.26. The molecule has 8 heteroatoms. The molecule has 34 heavy (non-hydrogen) atoms. The maximum absolute atomic E-state index is 13.2. The molecule has 0 bridgehead atoms. The Bertz CT molecular complexity index is 933. The van der Waals surface area contributed by atoms with Crippen molar-refractivity contribution in [3.05, 3.63) is 40.5 Å². The number of allylic oxidation sites excluding steroid dienone is 2. The third-order valence-electron chi connectivity index (χ3n) is 6.07. The quantitative estimate of drug-likeness (QED) is 0.189. The molecule has 1 aromatic rings. The molecule has 0 aliphatic carbocycles. The van der Waals surface area contributed by atoms with Gasteiger partial charge in [-0.05, 0) is 69.9 Å². The lowest BCUT2D eigenvalue weighted by Gasteiger charge is -2.36. The van der Waals surface area contributed by atoms with Gasteiger partial charge in [0, 0.05) is 42.5 Å². The van der Waals surface area contributed by atoms with Gasteiger partial charge in [-0.3, -0.25) is 4.79 Å². The first-order valence-corrected chi connectivity index (χ1v) is 12.1. The van der Waals surface area contributed by atoms with E-state index in [1.54, 1.807) is 12.0 Å². The van der Waals surface area contributed by atoms with Crippen molar-refractivity contribution < 1.29 is 19.6 Å². The van der Waals surface area contributed by atoms with E-state index in [1.807, 2.05) is 52.8 Å². The van der Waals surface area contributed by atoms with E-state index in [0.29, 0.717) is 54.4 Å². The van der Waals surface area contributed by atoms with Crippen LogP contribution < -0.4 is 15.5 Å². The summed E-state index contributed by atoms with van der Waals surface area (Å²) in [5, 5.41) is 22.2. The highest BCUT2D eigenvalue weighted by Gasteiger charge is 2.27. The predicted octanol–water partition coefficient (Wildman–Crippen LogP) is 4.68. The summed E-state index contributed by atoms with van der Waals surface area (Å²) in [5.74, 6) is 0.680. The number of aliphatic hydroxyl groups is 1. The molecular formula is C26H40N4O4. The lowest BCUT2D eigenvalue weighted by atomic mass is 10.0. The first kappa shape index (κ1) is 27.6. The molecule has 1 saturated heterocycles. The molecule has 2 rings (SSSR count). The van der Waals surface area contributed by atoms with Gasteiger partial charge in [-0.2, -0.15) is 10.0 Å². The third kappa shape index (κ3) is 7.16. The van der Waals surface area contributed by atoms with Crippen molar-refractivity contribution in [1.82, 2.24) is 10.4 Å². The number of anilines is 1. The number of benzene rings is 1. The zero-order valence-corrected chi connectivity index (χ0v) is 21.4. The van der Waals surface area contributed by atoms with Crippen molar-refractivity contribution in [2.45, 2.75) is 60.8 Å². The lowest BCUT2D eigenvalue weighted by Crippen LogP contribution is -2.48. The number of ether oxygens (including phenoxy) is 1. The number of aliphatic hydroxyl groups excluding tert-OH is 1. The number of hydrogen-bond acceptors (Lipinski definition) is 7. The second-order valence-corrected chi connectivity index (χ2v) is 8.67. The molecule has 0 atom stereocenters. The molecule has 1 aliphatic heterocycles. The number of nitrogens with one attached hydrogen (secondary N) is 3. The molecule has 0 spiro atoms. The summed E-state index contributed by atoms with van der Waals surface area (Å²) in [4.78, 5) is 18.8. The van der Waals surface area contributed by atoms with Crippen LogP contribution in [0, 0.1) is 11.3 Å². The molecular weight excluding hydrogens is 432 g/mol. The van der Waals surface area contributed by atoms with Crippen LogP contribution in [0.5, 0.6) is 5.75 Å². The zero-order valence-electron chi connectivity index (χ0n) is 21.4. The first-order chi connectivity index (χ1) is 16.2. The highest BCUT2D eigenvalue weighted by atomic mass is 16.8. The fraction of sp³-hybridized carbons (Fsp3) is 0.538. The van der Waals surface area contributed by atoms with Gasteiger partial charge < -0.3 is 20.6 Å². The van der Waals surface area contributed by atoms with Crippen LogP contribution in [0.2, 0.25) is 0 Å². The molecule has 0 unspecified atom stereocenters. The van der Waals surface area contributed by atoms with Crippen LogP contribution in [-0.2, 0) is 9.73 Å². The van der Waals surface area contributed by atoms with Crippen molar-refractivity contribution in [3.63, 3.8) is 0 Å². The Morgan fingerprint density at radius 1 is 1.18 bits per heavy atom. The predicted molar refractivity (Wildman–Crippen MR) is 137 cm³/mol. The average Bonchev–Trinajstić information content (AvgIpc) is 2.81. The van der Waals surface area contributed by atoms with Crippen LogP contribution >= 0.6 is 0 Å². The Hall–Kier alpha value is -2.68. The molecule has 1 fully saturated rings. The Morgan fingerprint density at radius 3 is 2.47 bits per heavy atom. The minimum Gasteiger partial charge on any atom is -0.493 e. The standard InChI is InChI=1S/C26H40N4O4/c1-7-10-23(27)18(5)19(6)26(32)28-25(17(4)8-2)22-13-21(11-12-24(22)33-9-3)29-34-30-14-20(15-30)16-31/h11-13,20,27,29,31H,7-10,14-16H2,1-6H3,(H,28,32)/b19-18+,25-17?,27-23?. The van der Waals surface area contributed by atoms with Gasteiger partial charge in [-0.15, -0.1) is 0 Å². The topological polar surface area (TPSA) is 107 Å². The zero-order chi connectivity index (χ0) is 25.3. The van der Waals surface area contributed by atoms with Gasteiger partial charge in [0.1, 0.15) is 5.75 Å². The lowest BCUT2D eigenvalue weighted by molar-refractivity contribution is -0.203. The van der Waals surface area contributed by atoms with E-state index < -0.39 is 0 Å². The number of amides is 1. The van der Waals surface area contributed by atoms with E-state index in [4.69, 9.17) is 15.1 Å².